The standard InChI is InChI=1S/C13H15NO4/c1-14-11-6-4-3-5-10(11)7-12(14)13(15)18-9-17-8-16-2/h3-7H,8-9H2,1-2H3. The second-order valence-electron chi connectivity index (χ2n) is 3.81. The summed E-state index contributed by atoms with van der Waals surface area (Å²) in [6, 6.07) is 9.56. The van der Waals surface area contributed by atoms with E-state index >= 15 is 0 Å². The van der Waals surface area contributed by atoms with Crippen LogP contribution in [0.25, 0.3) is 10.9 Å². The summed E-state index contributed by atoms with van der Waals surface area (Å²) < 4.78 is 16.4. The summed E-state index contributed by atoms with van der Waals surface area (Å²) in [4.78, 5) is 11.8. The second-order valence-corrected chi connectivity index (χ2v) is 3.81. The van der Waals surface area contributed by atoms with Crippen molar-refractivity contribution in [3.63, 3.8) is 0 Å². The van der Waals surface area contributed by atoms with E-state index in [0.29, 0.717) is 5.69 Å². The predicted octanol–water partition coefficient (Wildman–Crippen LogP) is 1.91. The van der Waals surface area contributed by atoms with Gasteiger partial charge in [0.1, 0.15) is 12.5 Å². The van der Waals surface area contributed by atoms with Gasteiger partial charge in [-0.1, -0.05) is 18.2 Å². The molecule has 0 amide bonds. The molecule has 0 bridgehead atoms. The van der Waals surface area contributed by atoms with E-state index in [1.807, 2.05) is 31.3 Å². The molecular formula is C13H15NO4. The van der Waals surface area contributed by atoms with Crippen molar-refractivity contribution in [1.82, 2.24) is 4.57 Å². The van der Waals surface area contributed by atoms with Gasteiger partial charge in [-0.05, 0) is 12.1 Å². The summed E-state index contributed by atoms with van der Waals surface area (Å²) >= 11 is 0. The highest BCUT2D eigenvalue weighted by Gasteiger charge is 2.14. The first-order valence-corrected chi connectivity index (χ1v) is 5.52. The van der Waals surface area contributed by atoms with Gasteiger partial charge in [0.2, 0.25) is 0 Å². The van der Waals surface area contributed by atoms with E-state index in [1.165, 1.54) is 7.11 Å². The zero-order chi connectivity index (χ0) is 13.0. The number of aryl methyl sites for hydroxylation is 1. The SMILES string of the molecule is COCOCOC(=O)c1cc2ccccc2n1C. The van der Waals surface area contributed by atoms with Crippen molar-refractivity contribution in [2.24, 2.45) is 7.05 Å². The van der Waals surface area contributed by atoms with Gasteiger partial charge in [0.25, 0.3) is 0 Å². The van der Waals surface area contributed by atoms with Crippen LogP contribution in [0.1, 0.15) is 10.5 Å². The van der Waals surface area contributed by atoms with Crippen LogP contribution in [-0.2, 0) is 21.3 Å². The average molecular weight is 249 g/mol. The highest BCUT2D eigenvalue weighted by Crippen LogP contribution is 2.18. The van der Waals surface area contributed by atoms with Gasteiger partial charge in [-0.3, -0.25) is 0 Å². The van der Waals surface area contributed by atoms with Gasteiger partial charge in [0.15, 0.2) is 6.79 Å². The molecule has 5 heteroatoms. The van der Waals surface area contributed by atoms with Gasteiger partial charge in [-0.25, -0.2) is 4.79 Å². The molecule has 18 heavy (non-hydrogen) atoms. The second kappa shape index (κ2) is 5.66. The van der Waals surface area contributed by atoms with Crippen LogP contribution in [0.15, 0.2) is 30.3 Å². The summed E-state index contributed by atoms with van der Waals surface area (Å²) in [7, 11) is 3.33. The van der Waals surface area contributed by atoms with E-state index in [-0.39, 0.29) is 13.6 Å². The molecule has 1 aromatic carbocycles. The lowest BCUT2D eigenvalue weighted by molar-refractivity contribution is -0.100. The Labute approximate surface area is 105 Å². The number of nitrogens with zero attached hydrogens (tertiary/aromatic N) is 1. The largest absolute Gasteiger partial charge is 0.434 e. The lowest BCUT2D eigenvalue weighted by atomic mass is 10.2. The maximum Gasteiger partial charge on any atom is 0.357 e. The van der Waals surface area contributed by atoms with Crippen molar-refractivity contribution in [2.75, 3.05) is 20.7 Å². The van der Waals surface area contributed by atoms with E-state index in [2.05, 4.69) is 4.74 Å². The number of rotatable bonds is 5. The Morgan fingerprint density at radius 2 is 2.06 bits per heavy atom. The van der Waals surface area contributed by atoms with Gasteiger partial charge >= 0.3 is 5.97 Å². The number of carbonyl (C=O) groups excluding carboxylic acids is 1. The molecule has 0 atom stereocenters. The number of benzene rings is 1. The Hall–Kier alpha value is -1.85. The number of methoxy groups -OCH3 is 1. The zero-order valence-electron chi connectivity index (χ0n) is 10.4. The first-order valence-electron chi connectivity index (χ1n) is 5.52. The molecule has 2 rings (SSSR count). The van der Waals surface area contributed by atoms with Gasteiger partial charge in [-0.15, -0.1) is 0 Å². The lowest BCUT2D eigenvalue weighted by Gasteiger charge is -2.06. The van der Waals surface area contributed by atoms with Crippen molar-refractivity contribution in [1.29, 1.82) is 0 Å². The highest BCUT2D eigenvalue weighted by atomic mass is 16.7. The quantitative estimate of drug-likeness (QED) is 0.461. The molecule has 0 radical (unpaired) electrons. The average Bonchev–Trinajstić information content (AvgIpc) is 2.73. The van der Waals surface area contributed by atoms with Crippen LogP contribution in [-0.4, -0.2) is 31.2 Å². The lowest BCUT2D eigenvalue weighted by Crippen LogP contribution is -2.13. The van der Waals surface area contributed by atoms with Crippen molar-refractivity contribution in [3.05, 3.63) is 36.0 Å². The number of aromatic nitrogens is 1. The van der Waals surface area contributed by atoms with Crippen LogP contribution in [0.2, 0.25) is 0 Å². The molecule has 1 aromatic heterocycles. The topological polar surface area (TPSA) is 49.7 Å². The number of fused-ring (bicyclic) bond motifs is 1. The molecule has 0 aliphatic rings. The molecule has 0 saturated heterocycles. The van der Waals surface area contributed by atoms with Gasteiger partial charge < -0.3 is 18.8 Å². The Balaban J connectivity index is 2.10. The monoisotopic (exact) mass is 249 g/mol. The summed E-state index contributed by atoms with van der Waals surface area (Å²) in [5, 5.41) is 1.00. The number of hydrogen-bond donors (Lipinski definition) is 0. The maximum atomic E-state index is 11.8. The van der Waals surface area contributed by atoms with Crippen molar-refractivity contribution in [2.45, 2.75) is 0 Å². The molecule has 0 aliphatic heterocycles. The molecular weight excluding hydrogens is 234 g/mol. The molecule has 5 nitrogen and oxygen atoms in total. The summed E-state index contributed by atoms with van der Waals surface area (Å²) in [6.45, 7) is -0.0173. The first kappa shape index (κ1) is 12.6. The van der Waals surface area contributed by atoms with Crippen LogP contribution in [0, 0.1) is 0 Å². The van der Waals surface area contributed by atoms with Crippen LogP contribution in [0.3, 0.4) is 0 Å². The minimum absolute atomic E-state index is 0.0996. The van der Waals surface area contributed by atoms with E-state index in [0.717, 1.165) is 10.9 Å². The van der Waals surface area contributed by atoms with E-state index in [9.17, 15) is 4.79 Å². The number of hydrogen-bond acceptors (Lipinski definition) is 4. The zero-order valence-corrected chi connectivity index (χ0v) is 10.4. The maximum absolute atomic E-state index is 11.8. The van der Waals surface area contributed by atoms with Crippen molar-refractivity contribution < 1.29 is 19.0 Å². The third-order valence-electron chi connectivity index (χ3n) is 2.64. The number of ether oxygens (including phenoxy) is 3. The Kier molecular flexibility index (Phi) is 3.96. The normalized spacial score (nSPS) is 10.8. The van der Waals surface area contributed by atoms with Gasteiger partial charge in [0.05, 0.1) is 0 Å². The smallest absolute Gasteiger partial charge is 0.357 e. The third kappa shape index (κ3) is 2.52. The van der Waals surface area contributed by atoms with Crippen LogP contribution >= 0.6 is 0 Å². The molecule has 0 spiro atoms. The molecule has 0 saturated carbocycles. The molecule has 96 valence electrons. The fourth-order valence-corrected chi connectivity index (χ4v) is 1.77. The molecule has 0 aliphatic carbocycles. The molecule has 0 N–H and O–H groups in total. The number of carbonyl (C=O) groups is 1. The molecule has 1 heterocycles. The van der Waals surface area contributed by atoms with E-state index < -0.39 is 5.97 Å². The minimum atomic E-state index is -0.412. The number of esters is 1. The Morgan fingerprint density at radius 1 is 1.28 bits per heavy atom. The first-order chi connectivity index (χ1) is 8.74. The van der Waals surface area contributed by atoms with Crippen LogP contribution < -0.4 is 0 Å². The van der Waals surface area contributed by atoms with E-state index in [1.54, 1.807) is 10.6 Å². The van der Waals surface area contributed by atoms with Crippen LogP contribution in [0.5, 0.6) is 0 Å². The number of para-hydroxylation sites is 1. The van der Waals surface area contributed by atoms with Crippen LogP contribution in [0.4, 0.5) is 0 Å². The highest BCUT2D eigenvalue weighted by molar-refractivity contribution is 5.95. The molecule has 0 fully saturated rings. The summed E-state index contributed by atoms with van der Waals surface area (Å²) in [5.74, 6) is -0.412. The Morgan fingerprint density at radius 3 is 2.78 bits per heavy atom. The van der Waals surface area contributed by atoms with Gasteiger partial charge in [0, 0.05) is 25.1 Å². The molecule has 0 unspecified atom stereocenters. The Bertz CT molecular complexity index is 547. The fourth-order valence-electron chi connectivity index (χ4n) is 1.77. The third-order valence-corrected chi connectivity index (χ3v) is 2.64. The van der Waals surface area contributed by atoms with Crippen molar-refractivity contribution >= 4 is 16.9 Å². The summed E-state index contributed by atoms with van der Waals surface area (Å²) in [6.07, 6.45) is 0. The van der Waals surface area contributed by atoms with Gasteiger partial charge in [-0.2, -0.15) is 0 Å². The minimum Gasteiger partial charge on any atom is -0.434 e. The van der Waals surface area contributed by atoms with E-state index in [4.69, 9.17) is 9.47 Å². The molecule has 2 aromatic rings. The summed E-state index contributed by atoms with van der Waals surface area (Å²) in [5.41, 5.74) is 1.49. The predicted molar refractivity (Wildman–Crippen MR) is 66.2 cm³/mol. The van der Waals surface area contributed by atoms with Crippen molar-refractivity contribution in [3.8, 4) is 0 Å². The fraction of sp³-hybridized carbons (Fsp3) is 0.308.